The minimum absolute atomic E-state index is 0.451. The Bertz CT molecular complexity index is 73.8. The smallest absolute Gasteiger partial charge is 0.0607 e. The average Bonchev–Trinajstić information content (AvgIpc) is 1.78. The van der Waals surface area contributed by atoms with E-state index in [0.29, 0.717) is 0 Å². The van der Waals surface area contributed by atoms with Crippen LogP contribution >= 0.6 is 0 Å². The van der Waals surface area contributed by atoms with E-state index in [1.807, 2.05) is 6.92 Å². The Kier molecular flexibility index (Phi) is 4.65. The highest BCUT2D eigenvalue weighted by atomic mass is 14.9. The minimum atomic E-state index is -0.451. The summed E-state index contributed by atoms with van der Waals surface area (Å²) in [7, 11) is 0. The number of unbranched alkanes of at least 4 members (excludes halogenated alkanes) is 3. The van der Waals surface area contributed by atoms with Gasteiger partial charge in [-0.05, 0) is 13.3 Å². The molecule has 0 atom stereocenters. The van der Waals surface area contributed by atoms with E-state index in [0.717, 1.165) is 12.8 Å². The minimum Gasteiger partial charge on any atom is -0.314 e. The van der Waals surface area contributed by atoms with Gasteiger partial charge in [0.1, 0.15) is 0 Å². The van der Waals surface area contributed by atoms with Crippen LogP contribution in [-0.4, -0.2) is 5.66 Å². The average molecular weight is 144 g/mol. The second kappa shape index (κ2) is 4.69. The molecule has 4 N–H and O–H groups in total. The summed E-state index contributed by atoms with van der Waals surface area (Å²) in [6.07, 6.45) is 5.94. The fraction of sp³-hybridized carbons (Fsp3) is 1.00. The SMILES string of the molecule is CCCCCCC(C)(N)N. The van der Waals surface area contributed by atoms with Crippen LogP contribution < -0.4 is 11.5 Å². The molecular weight excluding hydrogens is 124 g/mol. The summed E-state index contributed by atoms with van der Waals surface area (Å²) in [6, 6.07) is 0. The van der Waals surface area contributed by atoms with Crippen molar-refractivity contribution in [3.63, 3.8) is 0 Å². The lowest BCUT2D eigenvalue weighted by molar-refractivity contribution is 0.423. The van der Waals surface area contributed by atoms with Crippen molar-refractivity contribution >= 4 is 0 Å². The second-order valence-corrected chi connectivity index (χ2v) is 3.32. The third kappa shape index (κ3) is 7.92. The van der Waals surface area contributed by atoms with Gasteiger partial charge < -0.3 is 11.5 Å². The van der Waals surface area contributed by atoms with Crippen molar-refractivity contribution in [2.45, 2.75) is 51.6 Å². The Balaban J connectivity index is 3.04. The number of hydrogen-bond acceptors (Lipinski definition) is 2. The first-order chi connectivity index (χ1) is 4.56. The van der Waals surface area contributed by atoms with Gasteiger partial charge in [0.15, 0.2) is 0 Å². The van der Waals surface area contributed by atoms with Gasteiger partial charge in [-0.25, -0.2) is 0 Å². The van der Waals surface area contributed by atoms with Gasteiger partial charge in [-0.1, -0.05) is 32.6 Å². The summed E-state index contributed by atoms with van der Waals surface area (Å²) < 4.78 is 0. The van der Waals surface area contributed by atoms with Gasteiger partial charge in [-0.3, -0.25) is 0 Å². The maximum absolute atomic E-state index is 5.60. The van der Waals surface area contributed by atoms with Crippen LogP contribution in [0.25, 0.3) is 0 Å². The van der Waals surface area contributed by atoms with Gasteiger partial charge in [0.05, 0.1) is 5.66 Å². The van der Waals surface area contributed by atoms with Crippen molar-refractivity contribution in [2.24, 2.45) is 11.5 Å². The van der Waals surface area contributed by atoms with Crippen molar-refractivity contribution in [2.75, 3.05) is 0 Å². The van der Waals surface area contributed by atoms with E-state index in [9.17, 15) is 0 Å². The van der Waals surface area contributed by atoms with Crippen LogP contribution in [-0.2, 0) is 0 Å². The zero-order valence-corrected chi connectivity index (χ0v) is 7.19. The maximum Gasteiger partial charge on any atom is 0.0607 e. The quantitative estimate of drug-likeness (QED) is 0.455. The Morgan fingerprint density at radius 2 is 1.70 bits per heavy atom. The number of hydrogen-bond donors (Lipinski definition) is 2. The monoisotopic (exact) mass is 144 g/mol. The summed E-state index contributed by atoms with van der Waals surface area (Å²) in [6.45, 7) is 4.07. The highest BCUT2D eigenvalue weighted by molar-refractivity contribution is 4.68. The maximum atomic E-state index is 5.60. The first kappa shape index (κ1) is 9.92. The summed E-state index contributed by atoms with van der Waals surface area (Å²) in [4.78, 5) is 0. The molecule has 0 spiro atoms. The molecule has 0 aliphatic heterocycles. The standard InChI is InChI=1S/C8H20N2/c1-3-4-5-6-7-8(2,9)10/h3-7,9-10H2,1-2H3. The largest absolute Gasteiger partial charge is 0.314 e. The fourth-order valence-electron chi connectivity index (χ4n) is 0.933. The van der Waals surface area contributed by atoms with E-state index in [1.165, 1.54) is 19.3 Å². The molecule has 10 heavy (non-hydrogen) atoms. The Morgan fingerprint density at radius 1 is 1.10 bits per heavy atom. The molecule has 0 aliphatic rings. The van der Waals surface area contributed by atoms with Crippen LogP contribution in [0.2, 0.25) is 0 Å². The molecule has 0 saturated carbocycles. The molecule has 0 radical (unpaired) electrons. The molecule has 0 unspecified atom stereocenters. The molecule has 0 fully saturated rings. The lowest BCUT2D eigenvalue weighted by Gasteiger charge is -2.17. The van der Waals surface area contributed by atoms with Crippen LogP contribution in [0.15, 0.2) is 0 Å². The van der Waals surface area contributed by atoms with E-state index in [-0.39, 0.29) is 0 Å². The summed E-state index contributed by atoms with van der Waals surface area (Å²) >= 11 is 0. The van der Waals surface area contributed by atoms with Gasteiger partial charge in [0, 0.05) is 0 Å². The molecule has 0 saturated heterocycles. The molecule has 2 heteroatoms. The first-order valence-corrected chi connectivity index (χ1v) is 4.14. The molecule has 2 nitrogen and oxygen atoms in total. The van der Waals surface area contributed by atoms with Crippen molar-refractivity contribution < 1.29 is 0 Å². The normalized spacial score (nSPS) is 12.0. The van der Waals surface area contributed by atoms with Crippen molar-refractivity contribution in [1.82, 2.24) is 0 Å². The van der Waals surface area contributed by atoms with Crippen LogP contribution in [0, 0.1) is 0 Å². The molecule has 0 rings (SSSR count). The van der Waals surface area contributed by atoms with Crippen LogP contribution in [0.1, 0.15) is 46.0 Å². The van der Waals surface area contributed by atoms with Crippen molar-refractivity contribution in [3.05, 3.63) is 0 Å². The van der Waals surface area contributed by atoms with E-state index in [2.05, 4.69) is 6.92 Å². The Labute approximate surface area is 64.0 Å². The molecule has 0 aromatic rings. The predicted molar refractivity (Wildman–Crippen MR) is 45.5 cm³/mol. The zero-order valence-electron chi connectivity index (χ0n) is 7.19. The van der Waals surface area contributed by atoms with Crippen molar-refractivity contribution in [1.29, 1.82) is 0 Å². The van der Waals surface area contributed by atoms with Gasteiger partial charge in [0.25, 0.3) is 0 Å². The first-order valence-electron chi connectivity index (χ1n) is 4.14. The highest BCUT2D eigenvalue weighted by Gasteiger charge is 2.08. The van der Waals surface area contributed by atoms with E-state index in [1.54, 1.807) is 0 Å². The predicted octanol–water partition coefficient (Wildman–Crippen LogP) is 1.59. The molecule has 0 heterocycles. The summed E-state index contributed by atoms with van der Waals surface area (Å²) in [5.74, 6) is 0. The third-order valence-electron chi connectivity index (χ3n) is 1.57. The van der Waals surface area contributed by atoms with Gasteiger partial charge in [0.2, 0.25) is 0 Å². The second-order valence-electron chi connectivity index (χ2n) is 3.32. The highest BCUT2D eigenvalue weighted by Crippen LogP contribution is 2.07. The summed E-state index contributed by atoms with van der Waals surface area (Å²) in [5.41, 5.74) is 10.7. The number of rotatable bonds is 5. The van der Waals surface area contributed by atoms with E-state index >= 15 is 0 Å². The van der Waals surface area contributed by atoms with Crippen molar-refractivity contribution in [3.8, 4) is 0 Å². The molecule has 0 aliphatic carbocycles. The van der Waals surface area contributed by atoms with Gasteiger partial charge in [-0.2, -0.15) is 0 Å². The topological polar surface area (TPSA) is 52.0 Å². The molecular formula is C8H20N2. The third-order valence-corrected chi connectivity index (χ3v) is 1.57. The molecule has 0 amide bonds. The molecule has 0 aromatic carbocycles. The lowest BCUT2D eigenvalue weighted by atomic mass is 10.1. The van der Waals surface area contributed by atoms with Gasteiger partial charge >= 0.3 is 0 Å². The fourth-order valence-corrected chi connectivity index (χ4v) is 0.933. The Hall–Kier alpha value is -0.0800. The number of nitrogens with two attached hydrogens (primary N) is 2. The van der Waals surface area contributed by atoms with Gasteiger partial charge in [-0.15, -0.1) is 0 Å². The summed E-state index contributed by atoms with van der Waals surface area (Å²) in [5, 5.41) is 0. The van der Waals surface area contributed by atoms with Crippen LogP contribution in [0.4, 0.5) is 0 Å². The Morgan fingerprint density at radius 3 is 2.10 bits per heavy atom. The van der Waals surface area contributed by atoms with E-state index in [4.69, 9.17) is 11.5 Å². The van der Waals surface area contributed by atoms with Crippen LogP contribution in [0.3, 0.4) is 0 Å². The lowest BCUT2D eigenvalue weighted by Crippen LogP contribution is -2.45. The molecule has 62 valence electrons. The molecule has 0 bridgehead atoms. The zero-order chi connectivity index (χ0) is 8.04. The van der Waals surface area contributed by atoms with Crippen LogP contribution in [0.5, 0.6) is 0 Å². The molecule has 0 aromatic heterocycles. The van der Waals surface area contributed by atoms with E-state index < -0.39 is 5.66 Å².